The highest BCUT2D eigenvalue weighted by Gasteiger charge is 2.12. The van der Waals surface area contributed by atoms with Gasteiger partial charge < -0.3 is 9.73 Å². The van der Waals surface area contributed by atoms with Crippen molar-refractivity contribution in [3.63, 3.8) is 0 Å². The molecule has 8 heteroatoms. The standard InChI is InChI=1S/C10H15ClN2O4S/c1-13(18(2,15)16)7-3-6-12-10(14)8-4-5-9(11)17-8/h4-5H,3,6-7H2,1-2H3,(H,12,14). The quantitative estimate of drug-likeness (QED) is 0.792. The molecule has 1 rings (SSSR count). The zero-order chi connectivity index (χ0) is 13.8. The summed E-state index contributed by atoms with van der Waals surface area (Å²) in [5.74, 6) is -0.236. The number of carbonyl (C=O) groups is 1. The second-order valence-corrected chi connectivity index (χ2v) is 6.26. The molecule has 1 amide bonds. The SMILES string of the molecule is CN(CCCNC(=O)c1ccc(Cl)o1)S(C)(=O)=O. The number of nitrogens with zero attached hydrogens (tertiary/aromatic N) is 1. The van der Waals surface area contributed by atoms with Crippen LogP contribution in [0.3, 0.4) is 0 Å². The van der Waals surface area contributed by atoms with Crippen molar-refractivity contribution < 1.29 is 17.6 Å². The average Bonchev–Trinajstić information content (AvgIpc) is 2.69. The van der Waals surface area contributed by atoms with Crippen LogP contribution in [0.4, 0.5) is 0 Å². The van der Waals surface area contributed by atoms with E-state index in [9.17, 15) is 13.2 Å². The fourth-order valence-corrected chi connectivity index (χ4v) is 1.80. The molecule has 0 saturated heterocycles. The van der Waals surface area contributed by atoms with Gasteiger partial charge in [0, 0.05) is 20.1 Å². The zero-order valence-corrected chi connectivity index (χ0v) is 11.7. The van der Waals surface area contributed by atoms with Crippen LogP contribution in [0.25, 0.3) is 0 Å². The molecule has 102 valence electrons. The number of nitrogens with one attached hydrogen (secondary N) is 1. The summed E-state index contributed by atoms with van der Waals surface area (Å²) < 4.78 is 28.3. The molecule has 0 radical (unpaired) electrons. The Kier molecular flexibility index (Phi) is 5.18. The van der Waals surface area contributed by atoms with Gasteiger partial charge in [-0.25, -0.2) is 12.7 Å². The van der Waals surface area contributed by atoms with Crippen LogP contribution in [0.15, 0.2) is 16.5 Å². The van der Waals surface area contributed by atoms with Gasteiger partial charge in [0.2, 0.25) is 10.0 Å². The molecule has 0 aliphatic carbocycles. The Bertz CT molecular complexity index is 512. The van der Waals surface area contributed by atoms with Gasteiger partial charge in [0.15, 0.2) is 11.0 Å². The van der Waals surface area contributed by atoms with Crippen LogP contribution in [0.2, 0.25) is 5.22 Å². The highest BCUT2D eigenvalue weighted by atomic mass is 35.5. The third-order valence-corrected chi connectivity index (χ3v) is 3.82. The van der Waals surface area contributed by atoms with Crippen molar-refractivity contribution in [3.8, 4) is 0 Å². The maximum Gasteiger partial charge on any atom is 0.287 e. The van der Waals surface area contributed by atoms with Crippen LogP contribution in [-0.4, -0.2) is 45.0 Å². The van der Waals surface area contributed by atoms with Crippen LogP contribution in [0.5, 0.6) is 0 Å². The molecule has 0 saturated carbocycles. The average molecular weight is 295 g/mol. The Morgan fingerprint density at radius 2 is 2.17 bits per heavy atom. The maximum absolute atomic E-state index is 11.5. The fourth-order valence-electron chi connectivity index (χ4n) is 1.19. The largest absolute Gasteiger partial charge is 0.440 e. The van der Waals surface area contributed by atoms with Crippen LogP contribution >= 0.6 is 11.6 Å². The Hall–Kier alpha value is -1.05. The van der Waals surface area contributed by atoms with Crippen molar-refractivity contribution in [2.45, 2.75) is 6.42 Å². The predicted molar refractivity (Wildman–Crippen MR) is 68.1 cm³/mol. The number of halogens is 1. The number of hydrogen-bond acceptors (Lipinski definition) is 4. The van der Waals surface area contributed by atoms with Crippen molar-refractivity contribution in [1.82, 2.24) is 9.62 Å². The van der Waals surface area contributed by atoms with Crippen molar-refractivity contribution in [3.05, 3.63) is 23.1 Å². The van der Waals surface area contributed by atoms with Gasteiger partial charge >= 0.3 is 0 Å². The lowest BCUT2D eigenvalue weighted by atomic mass is 10.4. The fraction of sp³-hybridized carbons (Fsp3) is 0.500. The van der Waals surface area contributed by atoms with Crippen molar-refractivity contribution >= 4 is 27.5 Å². The van der Waals surface area contributed by atoms with Crippen LogP contribution in [0, 0.1) is 0 Å². The zero-order valence-electron chi connectivity index (χ0n) is 10.1. The van der Waals surface area contributed by atoms with Crippen LogP contribution < -0.4 is 5.32 Å². The normalized spacial score (nSPS) is 11.8. The van der Waals surface area contributed by atoms with E-state index in [-0.39, 0.29) is 16.9 Å². The molecule has 0 aliphatic heterocycles. The van der Waals surface area contributed by atoms with Gasteiger partial charge in [-0.15, -0.1) is 0 Å². The molecule has 0 aromatic carbocycles. The van der Waals surface area contributed by atoms with Gasteiger partial charge in [0.1, 0.15) is 0 Å². The Labute approximate surface area is 111 Å². The Balaban J connectivity index is 2.29. The molecular formula is C10H15ClN2O4S. The lowest BCUT2D eigenvalue weighted by Crippen LogP contribution is -2.30. The molecule has 6 nitrogen and oxygen atoms in total. The lowest BCUT2D eigenvalue weighted by molar-refractivity contribution is 0.0925. The van der Waals surface area contributed by atoms with Gasteiger partial charge in [0.25, 0.3) is 5.91 Å². The number of hydrogen-bond donors (Lipinski definition) is 1. The van der Waals surface area contributed by atoms with Crippen molar-refractivity contribution in [2.24, 2.45) is 0 Å². The summed E-state index contributed by atoms with van der Waals surface area (Å²) in [6, 6.07) is 2.95. The number of carbonyl (C=O) groups excluding carboxylic acids is 1. The van der Waals surface area contributed by atoms with Crippen LogP contribution in [0.1, 0.15) is 17.0 Å². The Morgan fingerprint density at radius 1 is 1.50 bits per heavy atom. The second kappa shape index (κ2) is 6.21. The maximum atomic E-state index is 11.5. The van der Waals surface area contributed by atoms with E-state index in [4.69, 9.17) is 16.0 Å². The van der Waals surface area contributed by atoms with Crippen LogP contribution in [-0.2, 0) is 10.0 Å². The minimum Gasteiger partial charge on any atom is -0.440 e. The molecule has 0 atom stereocenters. The third-order valence-electron chi connectivity index (χ3n) is 2.30. The van der Waals surface area contributed by atoms with E-state index in [1.807, 2.05) is 0 Å². The second-order valence-electron chi connectivity index (χ2n) is 3.80. The van der Waals surface area contributed by atoms with E-state index < -0.39 is 10.0 Å². The molecule has 0 unspecified atom stereocenters. The first-order chi connectivity index (χ1) is 8.30. The predicted octanol–water partition coefficient (Wildman–Crippen LogP) is 0.944. The first-order valence-electron chi connectivity index (χ1n) is 5.25. The summed E-state index contributed by atoms with van der Waals surface area (Å²) in [5.41, 5.74) is 0. The lowest BCUT2D eigenvalue weighted by Gasteiger charge is -2.13. The van der Waals surface area contributed by atoms with Gasteiger partial charge in [0.05, 0.1) is 6.26 Å². The third kappa shape index (κ3) is 4.67. The molecule has 1 aromatic rings. The topological polar surface area (TPSA) is 79.6 Å². The summed E-state index contributed by atoms with van der Waals surface area (Å²) in [5, 5.41) is 2.76. The number of amides is 1. The number of sulfonamides is 1. The van der Waals surface area contributed by atoms with Gasteiger partial charge in [-0.2, -0.15) is 0 Å². The molecule has 0 fully saturated rings. The molecule has 1 heterocycles. The summed E-state index contributed by atoms with van der Waals surface area (Å²) in [4.78, 5) is 11.5. The van der Waals surface area contributed by atoms with Gasteiger partial charge in [-0.3, -0.25) is 4.79 Å². The minimum atomic E-state index is -3.17. The van der Waals surface area contributed by atoms with Gasteiger partial charge in [-0.05, 0) is 30.2 Å². The summed E-state index contributed by atoms with van der Waals surface area (Å²) >= 11 is 5.54. The highest BCUT2D eigenvalue weighted by Crippen LogP contribution is 2.12. The molecule has 0 aliphatic rings. The molecular weight excluding hydrogens is 280 g/mol. The first-order valence-corrected chi connectivity index (χ1v) is 7.48. The minimum absolute atomic E-state index is 0.136. The molecule has 1 aromatic heterocycles. The van der Waals surface area contributed by atoms with E-state index >= 15 is 0 Å². The molecule has 0 bridgehead atoms. The smallest absolute Gasteiger partial charge is 0.287 e. The molecule has 18 heavy (non-hydrogen) atoms. The first kappa shape index (κ1) is 15.0. The summed E-state index contributed by atoms with van der Waals surface area (Å²) in [7, 11) is -1.68. The van der Waals surface area contributed by atoms with E-state index in [2.05, 4.69) is 5.32 Å². The van der Waals surface area contributed by atoms with E-state index in [0.29, 0.717) is 19.5 Å². The van der Waals surface area contributed by atoms with E-state index in [0.717, 1.165) is 6.26 Å². The summed E-state index contributed by atoms with van der Waals surface area (Å²) in [6.45, 7) is 0.703. The van der Waals surface area contributed by atoms with E-state index in [1.165, 1.54) is 23.5 Å². The number of furan rings is 1. The van der Waals surface area contributed by atoms with Gasteiger partial charge in [-0.1, -0.05) is 0 Å². The molecule has 0 spiro atoms. The monoisotopic (exact) mass is 294 g/mol. The van der Waals surface area contributed by atoms with E-state index in [1.54, 1.807) is 0 Å². The van der Waals surface area contributed by atoms with Crippen molar-refractivity contribution in [1.29, 1.82) is 0 Å². The molecule has 1 N–H and O–H groups in total. The summed E-state index contributed by atoms with van der Waals surface area (Å²) in [6.07, 6.45) is 1.65. The Morgan fingerprint density at radius 3 is 2.67 bits per heavy atom. The number of rotatable bonds is 6. The van der Waals surface area contributed by atoms with Crippen molar-refractivity contribution in [2.75, 3.05) is 26.4 Å². The highest BCUT2D eigenvalue weighted by molar-refractivity contribution is 7.88.